The number of benzene rings is 3. The Kier molecular flexibility index (Phi) is 9.56. The predicted molar refractivity (Wildman–Crippen MR) is 142 cm³/mol. The highest BCUT2D eigenvalue weighted by atomic mass is 19.1. The molecule has 0 unspecified atom stereocenters. The lowest BCUT2D eigenvalue weighted by Crippen LogP contribution is -2.46. The molecule has 0 aromatic heterocycles. The number of nitrogens with one attached hydrogen (secondary N) is 1. The minimum atomic E-state index is -1.10. The van der Waals surface area contributed by atoms with Gasteiger partial charge in [-0.1, -0.05) is 48.5 Å². The van der Waals surface area contributed by atoms with Crippen molar-refractivity contribution in [2.45, 2.75) is 58.5 Å². The summed E-state index contributed by atoms with van der Waals surface area (Å²) in [5.41, 5.74) is 3.93. The lowest BCUT2D eigenvalue weighted by atomic mass is 9.93. The van der Waals surface area contributed by atoms with Gasteiger partial charge in [0, 0.05) is 12.1 Å². The second-order valence-electron chi connectivity index (χ2n) is 10.1. The third-order valence-corrected chi connectivity index (χ3v) is 6.46. The molecule has 0 aliphatic rings. The molecule has 0 saturated heterocycles. The maximum Gasteiger partial charge on any atom is 0.336 e. The first-order valence-electron chi connectivity index (χ1n) is 12.4. The standard InChI is InChI=1S/C30H36FNO5/c1-19-9-10-21(13-28(19)31)15-30(3,4)32-16-24(34)18-37-20(2)25-7-5-6-8-26(25)22-11-12-23(17-33)27(14-22)29(35)36/h5-14,20,24,32-34H,15-18H2,1-4H3,(H,35,36)/t20-,24-/m1/s1. The third-order valence-electron chi connectivity index (χ3n) is 6.46. The molecule has 37 heavy (non-hydrogen) atoms. The van der Waals surface area contributed by atoms with Crippen LogP contribution in [-0.4, -0.2) is 46.1 Å². The lowest BCUT2D eigenvalue weighted by molar-refractivity contribution is -0.00397. The highest BCUT2D eigenvalue weighted by molar-refractivity contribution is 5.91. The molecule has 0 aliphatic heterocycles. The first-order valence-corrected chi connectivity index (χ1v) is 12.4. The second-order valence-corrected chi connectivity index (χ2v) is 10.1. The van der Waals surface area contributed by atoms with E-state index in [4.69, 9.17) is 4.74 Å². The van der Waals surface area contributed by atoms with Gasteiger partial charge in [-0.05, 0) is 79.6 Å². The molecule has 3 rings (SSSR count). The second kappa shape index (κ2) is 12.4. The minimum Gasteiger partial charge on any atom is -0.478 e. The molecule has 0 bridgehead atoms. The fourth-order valence-electron chi connectivity index (χ4n) is 4.31. The molecule has 4 N–H and O–H groups in total. The van der Waals surface area contributed by atoms with E-state index in [0.717, 1.165) is 16.7 Å². The molecule has 0 aliphatic carbocycles. The largest absolute Gasteiger partial charge is 0.478 e. The molecule has 3 aromatic rings. The molecule has 0 spiro atoms. The number of ether oxygens (including phenoxy) is 1. The molecule has 0 saturated carbocycles. The van der Waals surface area contributed by atoms with Gasteiger partial charge < -0.3 is 25.4 Å². The number of hydrogen-bond donors (Lipinski definition) is 4. The van der Waals surface area contributed by atoms with Crippen molar-refractivity contribution >= 4 is 5.97 Å². The number of carboxylic acids is 1. The van der Waals surface area contributed by atoms with Crippen LogP contribution in [0, 0.1) is 12.7 Å². The van der Waals surface area contributed by atoms with Crippen LogP contribution in [0.25, 0.3) is 11.1 Å². The zero-order valence-electron chi connectivity index (χ0n) is 21.8. The molecule has 7 heteroatoms. The van der Waals surface area contributed by atoms with Gasteiger partial charge in [-0.2, -0.15) is 0 Å². The molecule has 0 heterocycles. The van der Waals surface area contributed by atoms with Crippen molar-refractivity contribution in [3.05, 3.63) is 94.3 Å². The van der Waals surface area contributed by atoms with Crippen LogP contribution in [0.3, 0.4) is 0 Å². The van der Waals surface area contributed by atoms with E-state index in [1.807, 2.05) is 51.1 Å². The molecule has 0 radical (unpaired) electrons. The number of aromatic carboxylic acids is 1. The van der Waals surface area contributed by atoms with Gasteiger partial charge in [-0.3, -0.25) is 0 Å². The molecule has 2 atom stereocenters. The lowest BCUT2D eigenvalue weighted by Gasteiger charge is -2.28. The van der Waals surface area contributed by atoms with E-state index >= 15 is 0 Å². The number of rotatable bonds is 12. The van der Waals surface area contributed by atoms with Crippen molar-refractivity contribution in [1.82, 2.24) is 5.32 Å². The normalized spacial score (nSPS) is 13.4. The van der Waals surface area contributed by atoms with Crippen LogP contribution in [-0.2, 0) is 17.8 Å². The molecular weight excluding hydrogens is 473 g/mol. The van der Waals surface area contributed by atoms with E-state index in [9.17, 15) is 24.5 Å². The Balaban J connectivity index is 1.61. The van der Waals surface area contributed by atoms with Crippen LogP contribution >= 0.6 is 0 Å². The van der Waals surface area contributed by atoms with Crippen molar-refractivity contribution in [2.24, 2.45) is 0 Å². The number of carboxylic acid groups (broad SMARTS) is 1. The van der Waals surface area contributed by atoms with E-state index in [-0.39, 0.29) is 36.2 Å². The highest BCUT2D eigenvalue weighted by Gasteiger charge is 2.21. The average Bonchev–Trinajstić information content (AvgIpc) is 2.87. The zero-order chi connectivity index (χ0) is 27.2. The van der Waals surface area contributed by atoms with Gasteiger partial charge in [0.2, 0.25) is 0 Å². The smallest absolute Gasteiger partial charge is 0.336 e. The van der Waals surface area contributed by atoms with Crippen molar-refractivity contribution < 1.29 is 29.2 Å². The zero-order valence-corrected chi connectivity index (χ0v) is 21.8. The Hall–Kier alpha value is -3.10. The maximum absolute atomic E-state index is 13.9. The number of aliphatic hydroxyl groups excluding tert-OH is 2. The summed E-state index contributed by atoms with van der Waals surface area (Å²) >= 11 is 0. The number of hydrogen-bond acceptors (Lipinski definition) is 5. The van der Waals surface area contributed by atoms with Crippen molar-refractivity contribution in [3.8, 4) is 11.1 Å². The topological polar surface area (TPSA) is 99.0 Å². The van der Waals surface area contributed by atoms with E-state index in [2.05, 4.69) is 5.32 Å². The van der Waals surface area contributed by atoms with E-state index in [0.29, 0.717) is 29.7 Å². The Bertz CT molecular complexity index is 1230. The fraction of sp³-hybridized carbons (Fsp3) is 0.367. The fourth-order valence-corrected chi connectivity index (χ4v) is 4.31. The Morgan fingerprint density at radius 3 is 2.51 bits per heavy atom. The minimum absolute atomic E-state index is 0.0564. The Labute approximate surface area is 217 Å². The third kappa shape index (κ3) is 7.69. The van der Waals surface area contributed by atoms with Crippen LogP contribution < -0.4 is 5.32 Å². The summed E-state index contributed by atoms with van der Waals surface area (Å²) in [7, 11) is 0. The van der Waals surface area contributed by atoms with Gasteiger partial charge in [0.05, 0.1) is 31.0 Å². The first kappa shape index (κ1) is 28.5. The van der Waals surface area contributed by atoms with E-state index in [1.165, 1.54) is 0 Å². The van der Waals surface area contributed by atoms with Crippen molar-refractivity contribution in [3.63, 3.8) is 0 Å². The van der Waals surface area contributed by atoms with Gasteiger partial charge in [0.25, 0.3) is 0 Å². The average molecular weight is 510 g/mol. The van der Waals surface area contributed by atoms with Crippen LogP contribution in [0.1, 0.15) is 59.5 Å². The number of halogens is 1. The molecule has 0 amide bonds. The van der Waals surface area contributed by atoms with E-state index < -0.39 is 12.1 Å². The summed E-state index contributed by atoms with van der Waals surface area (Å²) in [6, 6.07) is 17.7. The number of aliphatic hydroxyl groups is 2. The van der Waals surface area contributed by atoms with Crippen LogP contribution in [0.5, 0.6) is 0 Å². The van der Waals surface area contributed by atoms with Crippen LogP contribution in [0.4, 0.5) is 4.39 Å². The van der Waals surface area contributed by atoms with Gasteiger partial charge in [-0.25, -0.2) is 9.18 Å². The quantitative estimate of drug-likeness (QED) is 0.273. The van der Waals surface area contributed by atoms with Gasteiger partial charge >= 0.3 is 5.97 Å². The SMILES string of the molecule is Cc1ccc(CC(C)(C)NC[C@@H](O)CO[C@H](C)c2ccccc2-c2ccc(CO)c(C(=O)O)c2)cc1F. The van der Waals surface area contributed by atoms with Crippen LogP contribution in [0.2, 0.25) is 0 Å². The van der Waals surface area contributed by atoms with E-state index in [1.54, 1.807) is 37.3 Å². The first-order chi connectivity index (χ1) is 17.5. The summed E-state index contributed by atoms with van der Waals surface area (Å²) in [5, 5.41) is 32.9. The summed E-state index contributed by atoms with van der Waals surface area (Å²) in [5.74, 6) is -1.32. The number of carbonyl (C=O) groups is 1. The van der Waals surface area contributed by atoms with Crippen LogP contribution in [0.15, 0.2) is 60.7 Å². The molecular formula is C30H36FNO5. The van der Waals surface area contributed by atoms with Crippen molar-refractivity contribution in [2.75, 3.05) is 13.2 Å². The monoisotopic (exact) mass is 509 g/mol. The number of aryl methyl sites for hydroxylation is 1. The molecule has 198 valence electrons. The van der Waals surface area contributed by atoms with Gasteiger partial charge in [0.1, 0.15) is 5.82 Å². The Morgan fingerprint density at radius 2 is 1.84 bits per heavy atom. The van der Waals surface area contributed by atoms with Gasteiger partial charge in [-0.15, -0.1) is 0 Å². The van der Waals surface area contributed by atoms with Crippen molar-refractivity contribution in [1.29, 1.82) is 0 Å². The summed E-state index contributed by atoms with van der Waals surface area (Å²) < 4.78 is 19.9. The summed E-state index contributed by atoms with van der Waals surface area (Å²) in [4.78, 5) is 11.6. The predicted octanol–water partition coefficient (Wildman–Crippen LogP) is 5.04. The van der Waals surface area contributed by atoms with Gasteiger partial charge in [0.15, 0.2) is 0 Å². The maximum atomic E-state index is 13.9. The molecule has 3 aromatic carbocycles. The summed E-state index contributed by atoms with van der Waals surface area (Å²) in [6.07, 6.45) is -0.513. The number of β-amino-alcohol motifs (C(OH)–C–C–N with tert-alkyl or cyclic N) is 1. The molecule has 6 nitrogen and oxygen atoms in total. The summed E-state index contributed by atoms with van der Waals surface area (Å²) in [6.45, 7) is 7.68. The Morgan fingerprint density at radius 1 is 1.11 bits per heavy atom. The highest BCUT2D eigenvalue weighted by Crippen LogP contribution is 2.31. The molecule has 0 fully saturated rings.